The molecule has 0 unspecified atom stereocenters. The number of amides is 2. The monoisotopic (exact) mass is 282 g/mol. The SMILES string of the molecule is N=NC(=O)N(N)CCCCCCCCCC(F)(F)F. The number of halogens is 3. The van der Waals surface area contributed by atoms with Gasteiger partial charge >= 0.3 is 12.2 Å². The molecule has 5 nitrogen and oxygen atoms in total. The van der Waals surface area contributed by atoms with Crippen molar-refractivity contribution in [3.8, 4) is 0 Å². The summed E-state index contributed by atoms with van der Waals surface area (Å²) in [5.74, 6) is 5.31. The van der Waals surface area contributed by atoms with Gasteiger partial charge in [0.25, 0.3) is 0 Å². The van der Waals surface area contributed by atoms with Gasteiger partial charge in [-0.3, -0.25) is 5.01 Å². The Bertz CT molecular complexity index is 271. The van der Waals surface area contributed by atoms with Gasteiger partial charge in [0.1, 0.15) is 0 Å². The highest BCUT2D eigenvalue weighted by Crippen LogP contribution is 2.23. The summed E-state index contributed by atoms with van der Waals surface area (Å²) in [5, 5.41) is 3.56. The smallest absolute Gasteiger partial charge is 0.259 e. The zero-order valence-electron chi connectivity index (χ0n) is 10.9. The molecule has 112 valence electrons. The maximum absolute atomic E-state index is 11.8. The lowest BCUT2D eigenvalue weighted by molar-refractivity contribution is -0.135. The molecular weight excluding hydrogens is 261 g/mol. The van der Waals surface area contributed by atoms with Crippen LogP contribution in [0.5, 0.6) is 0 Å². The second-order valence-electron chi connectivity index (χ2n) is 4.43. The Labute approximate surface area is 110 Å². The minimum absolute atomic E-state index is 0.194. The summed E-state index contributed by atoms with van der Waals surface area (Å²) in [5.41, 5.74) is 6.47. The van der Waals surface area contributed by atoms with Gasteiger partial charge in [-0.25, -0.2) is 10.6 Å². The molecule has 0 fully saturated rings. The van der Waals surface area contributed by atoms with E-state index in [1.165, 1.54) is 0 Å². The van der Waals surface area contributed by atoms with E-state index < -0.39 is 18.6 Å². The minimum Gasteiger partial charge on any atom is -0.259 e. The van der Waals surface area contributed by atoms with Crippen LogP contribution in [0.2, 0.25) is 0 Å². The van der Waals surface area contributed by atoms with Crippen LogP contribution in [0.25, 0.3) is 0 Å². The summed E-state index contributed by atoms with van der Waals surface area (Å²) in [6.45, 7) is 0.343. The maximum atomic E-state index is 11.8. The van der Waals surface area contributed by atoms with Gasteiger partial charge in [-0.1, -0.05) is 37.2 Å². The van der Waals surface area contributed by atoms with Crippen LogP contribution in [-0.4, -0.2) is 23.8 Å². The fraction of sp³-hybridized carbons (Fsp3) is 0.909. The van der Waals surface area contributed by atoms with Crippen molar-refractivity contribution in [1.82, 2.24) is 5.01 Å². The molecule has 0 heterocycles. The maximum Gasteiger partial charge on any atom is 0.389 e. The van der Waals surface area contributed by atoms with Crippen LogP contribution in [0.4, 0.5) is 18.0 Å². The molecule has 0 aliphatic rings. The molecule has 0 aliphatic heterocycles. The average molecular weight is 282 g/mol. The molecule has 0 radical (unpaired) electrons. The molecular formula is C11H21F3N4O. The number of urea groups is 1. The molecule has 19 heavy (non-hydrogen) atoms. The molecule has 0 saturated carbocycles. The highest BCUT2D eigenvalue weighted by atomic mass is 19.4. The van der Waals surface area contributed by atoms with Gasteiger partial charge in [0.2, 0.25) is 0 Å². The van der Waals surface area contributed by atoms with Crippen molar-refractivity contribution in [3.63, 3.8) is 0 Å². The van der Waals surface area contributed by atoms with Crippen LogP contribution in [0.15, 0.2) is 5.11 Å². The van der Waals surface area contributed by atoms with E-state index >= 15 is 0 Å². The Morgan fingerprint density at radius 1 is 1.05 bits per heavy atom. The number of hydrogen-bond acceptors (Lipinski definition) is 3. The second-order valence-corrected chi connectivity index (χ2v) is 4.43. The van der Waals surface area contributed by atoms with E-state index in [-0.39, 0.29) is 6.42 Å². The summed E-state index contributed by atoms with van der Waals surface area (Å²) in [6.07, 6.45) is 0.208. The van der Waals surface area contributed by atoms with Crippen molar-refractivity contribution < 1.29 is 18.0 Å². The topological polar surface area (TPSA) is 82.5 Å². The van der Waals surface area contributed by atoms with E-state index in [4.69, 9.17) is 11.4 Å². The largest absolute Gasteiger partial charge is 0.389 e. The molecule has 0 saturated heterocycles. The predicted octanol–water partition coefficient (Wildman–Crippen LogP) is 4.00. The quantitative estimate of drug-likeness (QED) is 0.220. The molecule has 0 aromatic heterocycles. The summed E-state index contributed by atoms with van der Waals surface area (Å²) < 4.78 is 35.5. The van der Waals surface area contributed by atoms with Gasteiger partial charge in [-0.2, -0.15) is 18.7 Å². The zero-order chi connectivity index (χ0) is 14.7. The van der Waals surface area contributed by atoms with Gasteiger partial charge < -0.3 is 0 Å². The minimum atomic E-state index is -4.04. The first-order valence-corrected chi connectivity index (χ1v) is 6.37. The first kappa shape index (κ1) is 17.8. The number of nitrogens with one attached hydrogen (secondary N) is 1. The van der Waals surface area contributed by atoms with Crippen molar-refractivity contribution >= 4 is 6.03 Å². The fourth-order valence-electron chi connectivity index (χ4n) is 1.65. The Kier molecular flexibility index (Phi) is 9.11. The van der Waals surface area contributed by atoms with Crippen LogP contribution in [0.3, 0.4) is 0 Å². The lowest BCUT2D eigenvalue weighted by Gasteiger charge is -2.12. The molecule has 0 atom stereocenters. The first-order chi connectivity index (χ1) is 8.87. The zero-order valence-corrected chi connectivity index (χ0v) is 10.9. The Morgan fingerprint density at radius 2 is 1.53 bits per heavy atom. The van der Waals surface area contributed by atoms with E-state index in [1.807, 2.05) is 0 Å². The van der Waals surface area contributed by atoms with Crippen molar-refractivity contribution in [2.45, 2.75) is 57.5 Å². The highest BCUT2D eigenvalue weighted by molar-refractivity contribution is 5.73. The molecule has 8 heteroatoms. The van der Waals surface area contributed by atoms with Gasteiger partial charge in [-0.15, -0.1) is 0 Å². The Hall–Kier alpha value is -1.18. The third kappa shape index (κ3) is 11.6. The lowest BCUT2D eigenvalue weighted by atomic mass is 10.1. The molecule has 0 rings (SSSR count). The van der Waals surface area contributed by atoms with Crippen LogP contribution in [-0.2, 0) is 0 Å². The molecule has 0 aromatic rings. The standard InChI is InChI=1S/C11H21F3N4O/c12-11(13,14)8-6-4-2-1-3-5-7-9-18(16)10(19)17-15/h15H,1-9,16H2. The third-order valence-electron chi connectivity index (χ3n) is 2.70. The van der Waals surface area contributed by atoms with E-state index in [0.29, 0.717) is 19.4 Å². The summed E-state index contributed by atoms with van der Waals surface area (Å²) >= 11 is 0. The number of nitrogens with two attached hydrogens (primary N) is 1. The fourth-order valence-corrected chi connectivity index (χ4v) is 1.65. The van der Waals surface area contributed by atoms with Crippen LogP contribution in [0.1, 0.15) is 51.4 Å². The second kappa shape index (κ2) is 9.71. The molecule has 3 N–H and O–H groups in total. The molecule has 2 amide bonds. The van der Waals surface area contributed by atoms with Gasteiger partial charge in [0.15, 0.2) is 0 Å². The first-order valence-electron chi connectivity index (χ1n) is 6.37. The van der Waals surface area contributed by atoms with Crippen molar-refractivity contribution in [2.24, 2.45) is 11.0 Å². The molecule has 0 spiro atoms. The number of hydrogen-bond donors (Lipinski definition) is 2. The molecule has 0 aromatic carbocycles. The van der Waals surface area contributed by atoms with Crippen LogP contribution in [0, 0.1) is 5.53 Å². The van der Waals surface area contributed by atoms with Crippen LogP contribution >= 0.6 is 0 Å². The van der Waals surface area contributed by atoms with Crippen molar-refractivity contribution in [1.29, 1.82) is 5.53 Å². The number of rotatable bonds is 9. The Morgan fingerprint density at radius 3 is 2.00 bits per heavy atom. The lowest BCUT2D eigenvalue weighted by Crippen LogP contribution is -2.35. The summed E-state index contributed by atoms with van der Waals surface area (Å²) in [7, 11) is 0. The van der Waals surface area contributed by atoms with Gasteiger partial charge in [0.05, 0.1) is 0 Å². The van der Waals surface area contributed by atoms with Crippen molar-refractivity contribution in [3.05, 3.63) is 0 Å². The summed E-state index contributed by atoms with van der Waals surface area (Å²) in [6, 6.07) is -0.771. The number of hydrazine groups is 1. The van der Waals surface area contributed by atoms with Crippen molar-refractivity contribution in [2.75, 3.05) is 6.54 Å². The normalized spacial score (nSPS) is 11.4. The predicted molar refractivity (Wildman–Crippen MR) is 64.4 cm³/mol. The van der Waals surface area contributed by atoms with Gasteiger partial charge in [0, 0.05) is 13.0 Å². The van der Waals surface area contributed by atoms with Crippen LogP contribution < -0.4 is 5.84 Å². The number of nitrogens with zero attached hydrogens (tertiary/aromatic N) is 2. The molecule has 0 bridgehead atoms. The highest BCUT2D eigenvalue weighted by Gasteiger charge is 2.25. The molecule has 0 aliphatic carbocycles. The average Bonchev–Trinajstić information content (AvgIpc) is 2.34. The van der Waals surface area contributed by atoms with E-state index in [0.717, 1.165) is 30.7 Å². The summed E-state index contributed by atoms with van der Waals surface area (Å²) in [4.78, 5) is 10.8. The van der Waals surface area contributed by atoms with E-state index in [9.17, 15) is 18.0 Å². The number of unbranched alkanes of at least 4 members (excludes halogenated alkanes) is 6. The van der Waals surface area contributed by atoms with E-state index in [2.05, 4.69) is 5.11 Å². The number of alkyl halides is 3. The third-order valence-corrected chi connectivity index (χ3v) is 2.70. The Balaban J connectivity index is 3.28. The van der Waals surface area contributed by atoms with E-state index in [1.54, 1.807) is 0 Å². The number of carbonyl (C=O) groups excluding carboxylic acids is 1. The number of carbonyl (C=O) groups is 1. The van der Waals surface area contributed by atoms with Gasteiger partial charge in [-0.05, 0) is 12.8 Å².